The summed E-state index contributed by atoms with van der Waals surface area (Å²) in [7, 11) is 0. The Morgan fingerprint density at radius 2 is 1.87 bits per heavy atom. The number of morpholine rings is 1. The first kappa shape index (κ1) is 25.0. The van der Waals surface area contributed by atoms with Gasteiger partial charge in [0.05, 0.1) is 25.5 Å². The molecule has 1 fully saturated rings. The molecule has 174 valence electrons. The van der Waals surface area contributed by atoms with Gasteiger partial charge in [-0.3, -0.25) is 14.4 Å². The molecule has 8 nitrogen and oxygen atoms in total. The van der Waals surface area contributed by atoms with Gasteiger partial charge in [-0.25, -0.2) is 4.98 Å². The van der Waals surface area contributed by atoms with Crippen LogP contribution < -0.4 is 5.32 Å². The third-order valence-corrected chi connectivity index (χ3v) is 5.60. The number of oxazole rings is 1. The van der Waals surface area contributed by atoms with E-state index < -0.39 is 12.0 Å². The normalized spacial score (nSPS) is 16.8. The van der Waals surface area contributed by atoms with Crippen LogP contribution in [0.1, 0.15) is 71.0 Å². The molecular weight excluding hydrogens is 398 g/mol. The van der Waals surface area contributed by atoms with Gasteiger partial charge < -0.3 is 19.4 Å². The topological polar surface area (TPSA) is 102 Å². The third kappa shape index (κ3) is 7.76. The molecule has 31 heavy (non-hydrogen) atoms. The lowest BCUT2D eigenvalue weighted by molar-refractivity contribution is -0.140. The van der Waals surface area contributed by atoms with Crippen LogP contribution in [0.4, 0.5) is 0 Å². The van der Waals surface area contributed by atoms with E-state index in [4.69, 9.17) is 9.15 Å². The van der Waals surface area contributed by atoms with Gasteiger partial charge in [-0.15, -0.1) is 0 Å². The maximum Gasteiger partial charge on any atom is 0.265 e. The number of carbonyl (C=O) groups is 3. The summed E-state index contributed by atoms with van der Waals surface area (Å²) in [6.45, 7) is 12.5. The van der Waals surface area contributed by atoms with Crippen LogP contribution in [-0.4, -0.2) is 59.8 Å². The van der Waals surface area contributed by atoms with Crippen LogP contribution in [0.25, 0.3) is 0 Å². The van der Waals surface area contributed by atoms with Crippen molar-refractivity contribution in [1.29, 1.82) is 0 Å². The highest BCUT2D eigenvalue weighted by Crippen LogP contribution is 2.34. The van der Waals surface area contributed by atoms with Crippen molar-refractivity contribution < 1.29 is 23.5 Å². The molecule has 2 unspecified atom stereocenters. The van der Waals surface area contributed by atoms with Crippen LogP contribution in [0.15, 0.2) is 16.9 Å². The molecule has 8 heteroatoms. The Kier molecular flexibility index (Phi) is 9.22. The van der Waals surface area contributed by atoms with Crippen molar-refractivity contribution >= 4 is 17.6 Å². The largest absolute Gasteiger partial charge is 0.442 e. The fraction of sp³-hybridized carbons (Fsp3) is 0.739. The van der Waals surface area contributed by atoms with E-state index in [-0.39, 0.29) is 35.3 Å². The zero-order valence-corrected chi connectivity index (χ0v) is 19.5. The number of ketones is 1. The van der Waals surface area contributed by atoms with Gasteiger partial charge in [0.15, 0.2) is 0 Å². The van der Waals surface area contributed by atoms with Crippen LogP contribution in [0, 0.1) is 17.3 Å². The Hall–Kier alpha value is -2.22. The number of nitrogens with one attached hydrogen (secondary N) is 1. The van der Waals surface area contributed by atoms with Gasteiger partial charge in [0.25, 0.3) is 5.89 Å². The molecule has 0 spiro atoms. The molecule has 2 atom stereocenters. The molecular formula is C23H37N3O5. The van der Waals surface area contributed by atoms with Gasteiger partial charge in [0, 0.05) is 25.4 Å². The van der Waals surface area contributed by atoms with E-state index in [0.29, 0.717) is 45.1 Å². The van der Waals surface area contributed by atoms with E-state index in [1.165, 1.54) is 12.5 Å². The first-order valence-corrected chi connectivity index (χ1v) is 11.2. The van der Waals surface area contributed by atoms with Gasteiger partial charge in [0.1, 0.15) is 6.26 Å². The summed E-state index contributed by atoms with van der Waals surface area (Å²) in [4.78, 5) is 44.4. The molecule has 1 N–H and O–H groups in total. The number of hydrogen-bond acceptors (Lipinski definition) is 6. The second-order valence-electron chi connectivity index (χ2n) is 9.53. The van der Waals surface area contributed by atoms with Crippen LogP contribution >= 0.6 is 0 Å². The molecule has 2 amide bonds. The zero-order chi connectivity index (χ0) is 23.0. The van der Waals surface area contributed by atoms with Gasteiger partial charge >= 0.3 is 0 Å². The summed E-state index contributed by atoms with van der Waals surface area (Å²) >= 11 is 0. The SMILES string of the molecule is CCC(NC(=O)C(CC(=O)N1CCOCC1)CC(C)(C)CC(C)C)C(=O)c1ncco1. The number of hydrogen-bond donors (Lipinski definition) is 1. The number of Topliss-reactive ketones (excluding diaryl/α,β-unsaturated/α-hetero) is 1. The molecule has 1 saturated heterocycles. The summed E-state index contributed by atoms with van der Waals surface area (Å²) in [6, 6.07) is -0.736. The smallest absolute Gasteiger partial charge is 0.265 e. The fourth-order valence-electron chi connectivity index (χ4n) is 4.40. The average Bonchev–Trinajstić information content (AvgIpc) is 3.25. The maximum absolute atomic E-state index is 13.3. The van der Waals surface area contributed by atoms with Gasteiger partial charge in [-0.2, -0.15) is 0 Å². The lowest BCUT2D eigenvalue weighted by Crippen LogP contribution is -2.47. The number of amides is 2. The predicted molar refractivity (Wildman–Crippen MR) is 116 cm³/mol. The number of aromatic nitrogens is 1. The molecule has 0 bridgehead atoms. The van der Waals surface area contributed by atoms with Gasteiger partial charge in [0.2, 0.25) is 17.6 Å². The second kappa shape index (κ2) is 11.4. The molecule has 1 aliphatic rings. The predicted octanol–water partition coefficient (Wildman–Crippen LogP) is 3.08. The Morgan fingerprint density at radius 3 is 2.42 bits per heavy atom. The first-order chi connectivity index (χ1) is 14.6. The van der Waals surface area contributed by atoms with Crippen molar-refractivity contribution in [1.82, 2.24) is 15.2 Å². The van der Waals surface area contributed by atoms with Crippen molar-refractivity contribution in [2.45, 2.75) is 66.3 Å². The molecule has 2 heterocycles. The molecule has 0 radical (unpaired) electrons. The van der Waals surface area contributed by atoms with Crippen molar-refractivity contribution in [2.75, 3.05) is 26.3 Å². The Bertz CT molecular complexity index is 724. The summed E-state index contributed by atoms with van der Waals surface area (Å²) < 4.78 is 10.4. The Morgan fingerprint density at radius 1 is 1.19 bits per heavy atom. The summed E-state index contributed by atoms with van der Waals surface area (Å²) in [5.74, 6) is -0.742. The van der Waals surface area contributed by atoms with E-state index in [9.17, 15) is 14.4 Å². The Balaban J connectivity index is 2.13. The zero-order valence-electron chi connectivity index (χ0n) is 19.5. The minimum Gasteiger partial charge on any atom is -0.442 e. The van der Waals surface area contributed by atoms with E-state index in [1.807, 2.05) is 6.92 Å². The van der Waals surface area contributed by atoms with Crippen molar-refractivity contribution in [2.24, 2.45) is 17.3 Å². The summed E-state index contributed by atoms with van der Waals surface area (Å²) in [5.41, 5.74) is -0.115. The monoisotopic (exact) mass is 435 g/mol. The standard InChI is InChI=1S/C23H37N3O5/c1-6-18(20(28)22-24-7-10-31-22)25-21(29)17(15-23(4,5)14-16(2)3)13-19(27)26-8-11-30-12-9-26/h7,10,16-18H,6,8-9,11-15H2,1-5H3,(H,25,29). The number of nitrogens with zero attached hydrogens (tertiary/aromatic N) is 2. The van der Waals surface area contributed by atoms with Crippen molar-refractivity contribution in [3.8, 4) is 0 Å². The summed E-state index contributed by atoms with van der Waals surface area (Å²) in [6.07, 6.45) is 4.77. The van der Waals surface area contributed by atoms with E-state index >= 15 is 0 Å². The highest BCUT2D eigenvalue weighted by molar-refractivity contribution is 5.99. The molecule has 1 aromatic heterocycles. The minimum absolute atomic E-state index is 0.0202. The first-order valence-electron chi connectivity index (χ1n) is 11.2. The number of carbonyl (C=O) groups excluding carboxylic acids is 3. The number of rotatable bonds is 11. The summed E-state index contributed by atoms with van der Waals surface area (Å²) in [5, 5.41) is 2.86. The average molecular weight is 436 g/mol. The molecule has 0 aromatic carbocycles. The van der Waals surface area contributed by atoms with Crippen LogP contribution in [0.3, 0.4) is 0 Å². The van der Waals surface area contributed by atoms with E-state index in [0.717, 1.165) is 6.42 Å². The van der Waals surface area contributed by atoms with Gasteiger partial charge in [-0.1, -0.05) is 34.6 Å². The third-order valence-electron chi connectivity index (χ3n) is 5.60. The highest BCUT2D eigenvalue weighted by Gasteiger charge is 2.34. The van der Waals surface area contributed by atoms with E-state index in [1.54, 1.807) is 4.90 Å². The van der Waals surface area contributed by atoms with Crippen LogP contribution in [0.2, 0.25) is 0 Å². The molecule has 1 aromatic rings. The van der Waals surface area contributed by atoms with Crippen LogP contribution in [-0.2, 0) is 14.3 Å². The number of ether oxygens (including phenoxy) is 1. The molecule has 1 aliphatic heterocycles. The highest BCUT2D eigenvalue weighted by atomic mass is 16.5. The minimum atomic E-state index is -0.736. The van der Waals surface area contributed by atoms with E-state index in [2.05, 4.69) is 38.0 Å². The molecule has 0 aliphatic carbocycles. The Labute approximate surface area is 185 Å². The lowest BCUT2D eigenvalue weighted by Gasteiger charge is -2.33. The van der Waals surface area contributed by atoms with Crippen molar-refractivity contribution in [3.63, 3.8) is 0 Å². The lowest BCUT2D eigenvalue weighted by atomic mass is 9.75. The maximum atomic E-state index is 13.3. The van der Waals surface area contributed by atoms with Crippen molar-refractivity contribution in [3.05, 3.63) is 18.4 Å². The molecule has 2 rings (SSSR count). The fourth-order valence-corrected chi connectivity index (χ4v) is 4.40. The van der Waals surface area contributed by atoms with Gasteiger partial charge in [-0.05, 0) is 30.6 Å². The van der Waals surface area contributed by atoms with Crippen LogP contribution in [0.5, 0.6) is 0 Å². The molecule has 0 saturated carbocycles. The quantitative estimate of drug-likeness (QED) is 0.536. The second-order valence-corrected chi connectivity index (χ2v) is 9.53.